The van der Waals surface area contributed by atoms with Gasteiger partial charge in [-0.25, -0.2) is 4.98 Å². The van der Waals surface area contributed by atoms with E-state index < -0.39 is 0 Å². The van der Waals surface area contributed by atoms with Crippen molar-refractivity contribution in [3.8, 4) is 0 Å². The Bertz CT molecular complexity index is 566. The topological polar surface area (TPSA) is 33.4 Å². The van der Waals surface area contributed by atoms with Crippen molar-refractivity contribution in [2.24, 2.45) is 0 Å². The van der Waals surface area contributed by atoms with Crippen LogP contribution in [0.25, 0.3) is 5.65 Å². The normalized spacial score (nSPS) is 19.5. The summed E-state index contributed by atoms with van der Waals surface area (Å²) in [6.45, 7) is 3.26. The minimum atomic E-state index is 0.645. The first kappa shape index (κ1) is 12.9. The molecular formula is C14H19BrN4. The summed E-state index contributed by atoms with van der Waals surface area (Å²) in [5.74, 6) is 1.20. The fraction of sp³-hybridized carbons (Fsp3) is 0.571. The molecule has 1 saturated heterocycles. The molecule has 5 heteroatoms. The largest absolute Gasteiger partial charge is 0.354 e. The maximum absolute atomic E-state index is 4.37. The molecule has 1 atom stereocenters. The van der Waals surface area contributed by atoms with E-state index in [9.17, 15) is 0 Å². The standard InChI is InChI=1S/C14H19BrN4/c1-11-8-13-16-10-17-19(13)14(9-11)18-7-3-5-12(18)4-2-6-15/h8-10,12H,2-7H2,1H3. The number of halogens is 1. The van der Waals surface area contributed by atoms with Crippen molar-refractivity contribution in [2.45, 2.75) is 38.6 Å². The number of aryl methyl sites for hydroxylation is 1. The second-order valence-electron chi connectivity index (χ2n) is 5.24. The van der Waals surface area contributed by atoms with E-state index in [2.05, 4.69) is 50.0 Å². The Morgan fingerprint density at radius 2 is 2.32 bits per heavy atom. The van der Waals surface area contributed by atoms with Crippen molar-refractivity contribution in [3.05, 3.63) is 24.0 Å². The Morgan fingerprint density at radius 1 is 1.42 bits per heavy atom. The molecule has 0 amide bonds. The molecule has 102 valence electrons. The number of pyridine rings is 1. The summed E-state index contributed by atoms with van der Waals surface area (Å²) in [5.41, 5.74) is 2.20. The third kappa shape index (κ3) is 2.48. The molecule has 2 aromatic heterocycles. The molecule has 0 saturated carbocycles. The maximum atomic E-state index is 4.37. The molecule has 0 spiro atoms. The number of hydrogen-bond donors (Lipinski definition) is 0. The molecule has 3 rings (SSSR count). The summed E-state index contributed by atoms with van der Waals surface area (Å²) in [6.07, 6.45) is 6.68. The van der Waals surface area contributed by atoms with Crippen LogP contribution in [-0.2, 0) is 0 Å². The molecule has 0 bridgehead atoms. The van der Waals surface area contributed by atoms with Gasteiger partial charge in [-0.05, 0) is 50.3 Å². The highest BCUT2D eigenvalue weighted by molar-refractivity contribution is 9.09. The molecule has 3 heterocycles. The van der Waals surface area contributed by atoms with Crippen LogP contribution in [0.4, 0.5) is 5.82 Å². The lowest BCUT2D eigenvalue weighted by molar-refractivity contribution is 0.596. The lowest BCUT2D eigenvalue weighted by Crippen LogP contribution is -2.31. The van der Waals surface area contributed by atoms with E-state index in [0.29, 0.717) is 6.04 Å². The summed E-state index contributed by atoms with van der Waals surface area (Å²) in [6, 6.07) is 4.96. The van der Waals surface area contributed by atoms with E-state index in [0.717, 1.165) is 17.5 Å². The molecular weight excluding hydrogens is 304 g/mol. The zero-order chi connectivity index (χ0) is 13.2. The molecule has 0 aliphatic carbocycles. The Kier molecular flexibility index (Phi) is 3.73. The molecule has 1 aliphatic heterocycles. The number of aromatic nitrogens is 3. The van der Waals surface area contributed by atoms with Gasteiger partial charge in [-0.1, -0.05) is 15.9 Å². The number of anilines is 1. The van der Waals surface area contributed by atoms with E-state index in [1.54, 1.807) is 6.33 Å². The third-order valence-corrected chi connectivity index (χ3v) is 4.41. The van der Waals surface area contributed by atoms with Crippen LogP contribution in [0.2, 0.25) is 0 Å². The van der Waals surface area contributed by atoms with Gasteiger partial charge in [0.15, 0.2) is 5.65 Å². The van der Waals surface area contributed by atoms with Gasteiger partial charge >= 0.3 is 0 Å². The van der Waals surface area contributed by atoms with Crippen LogP contribution in [0.15, 0.2) is 18.5 Å². The van der Waals surface area contributed by atoms with Crippen LogP contribution in [0, 0.1) is 6.92 Å². The van der Waals surface area contributed by atoms with Gasteiger partial charge in [-0.3, -0.25) is 0 Å². The SMILES string of the molecule is Cc1cc(N2CCCC2CCCBr)n2ncnc2c1. The first-order valence-electron chi connectivity index (χ1n) is 6.92. The summed E-state index contributed by atoms with van der Waals surface area (Å²) >= 11 is 3.53. The average Bonchev–Trinajstić information content (AvgIpc) is 3.03. The summed E-state index contributed by atoms with van der Waals surface area (Å²) in [7, 11) is 0. The van der Waals surface area contributed by atoms with Crippen LogP contribution >= 0.6 is 15.9 Å². The van der Waals surface area contributed by atoms with Crippen LogP contribution in [0.1, 0.15) is 31.2 Å². The summed E-state index contributed by atoms with van der Waals surface area (Å²) in [4.78, 5) is 6.83. The minimum absolute atomic E-state index is 0.645. The fourth-order valence-corrected chi connectivity index (χ4v) is 3.31. The Labute approximate surface area is 121 Å². The first-order chi connectivity index (χ1) is 9.29. The van der Waals surface area contributed by atoms with Gasteiger partial charge in [-0.2, -0.15) is 9.61 Å². The second-order valence-corrected chi connectivity index (χ2v) is 6.03. The summed E-state index contributed by atoms with van der Waals surface area (Å²) in [5, 5.41) is 5.46. The number of fused-ring (bicyclic) bond motifs is 1. The Hall–Kier alpha value is -1.10. The van der Waals surface area contributed by atoms with Crippen molar-refractivity contribution >= 4 is 27.4 Å². The van der Waals surface area contributed by atoms with Crippen LogP contribution < -0.4 is 4.90 Å². The van der Waals surface area contributed by atoms with Crippen molar-refractivity contribution < 1.29 is 0 Å². The van der Waals surface area contributed by atoms with Crippen molar-refractivity contribution in [3.63, 3.8) is 0 Å². The van der Waals surface area contributed by atoms with Crippen LogP contribution in [0.5, 0.6) is 0 Å². The van der Waals surface area contributed by atoms with Gasteiger partial charge < -0.3 is 4.90 Å². The number of hydrogen-bond acceptors (Lipinski definition) is 3. The van der Waals surface area contributed by atoms with Gasteiger partial charge in [0.2, 0.25) is 0 Å². The average molecular weight is 323 g/mol. The predicted octanol–water partition coefficient (Wildman–Crippen LogP) is 3.18. The highest BCUT2D eigenvalue weighted by Crippen LogP contribution is 2.29. The fourth-order valence-electron chi connectivity index (χ4n) is 2.99. The van der Waals surface area contributed by atoms with Crippen LogP contribution in [-0.4, -0.2) is 32.5 Å². The number of rotatable bonds is 4. The van der Waals surface area contributed by atoms with Gasteiger partial charge in [0.25, 0.3) is 0 Å². The molecule has 0 radical (unpaired) electrons. The van der Waals surface area contributed by atoms with Gasteiger partial charge in [0.1, 0.15) is 12.1 Å². The highest BCUT2D eigenvalue weighted by atomic mass is 79.9. The van der Waals surface area contributed by atoms with Gasteiger partial charge in [0.05, 0.1) is 0 Å². The monoisotopic (exact) mass is 322 g/mol. The zero-order valence-electron chi connectivity index (χ0n) is 11.2. The molecule has 2 aromatic rings. The van der Waals surface area contributed by atoms with E-state index in [1.807, 2.05) is 4.52 Å². The van der Waals surface area contributed by atoms with E-state index >= 15 is 0 Å². The van der Waals surface area contributed by atoms with Crippen molar-refractivity contribution in [2.75, 3.05) is 16.8 Å². The smallest absolute Gasteiger partial charge is 0.157 e. The van der Waals surface area contributed by atoms with E-state index in [4.69, 9.17) is 0 Å². The maximum Gasteiger partial charge on any atom is 0.157 e. The lowest BCUT2D eigenvalue weighted by atomic mass is 10.1. The minimum Gasteiger partial charge on any atom is -0.354 e. The van der Waals surface area contributed by atoms with Gasteiger partial charge in [0, 0.05) is 17.9 Å². The van der Waals surface area contributed by atoms with Crippen molar-refractivity contribution in [1.29, 1.82) is 0 Å². The molecule has 0 N–H and O–H groups in total. The third-order valence-electron chi connectivity index (χ3n) is 3.85. The molecule has 1 aliphatic rings. The zero-order valence-corrected chi connectivity index (χ0v) is 12.8. The molecule has 1 fully saturated rings. The molecule has 19 heavy (non-hydrogen) atoms. The first-order valence-corrected chi connectivity index (χ1v) is 8.05. The lowest BCUT2D eigenvalue weighted by Gasteiger charge is -2.27. The summed E-state index contributed by atoms with van der Waals surface area (Å²) < 4.78 is 1.97. The predicted molar refractivity (Wildman–Crippen MR) is 81.1 cm³/mol. The van der Waals surface area contributed by atoms with Crippen molar-refractivity contribution in [1.82, 2.24) is 14.6 Å². The van der Waals surface area contributed by atoms with E-state index in [1.165, 1.54) is 37.1 Å². The highest BCUT2D eigenvalue weighted by Gasteiger charge is 2.26. The number of nitrogens with zero attached hydrogens (tertiary/aromatic N) is 4. The quantitative estimate of drug-likeness (QED) is 0.810. The second kappa shape index (κ2) is 5.49. The molecule has 1 unspecified atom stereocenters. The molecule has 0 aromatic carbocycles. The van der Waals surface area contributed by atoms with E-state index in [-0.39, 0.29) is 0 Å². The Morgan fingerprint density at radius 3 is 3.16 bits per heavy atom. The number of alkyl halides is 1. The van der Waals surface area contributed by atoms with Crippen LogP contribution in [0.3, 0.4) is 0 Å². The molecule has 4 nitrogen and oxygen atoms in total. The van der Waals surface area contributed by atoms with Gasteiger partial charge in [-0.15, -0.1) is 0 Å². The Balaban J connectivity index is 1.96.